The molecule has 0 bridgehead atoms. The monoisotopic (exact) mass is 327 g/mol. The predicted octanol–water partition coefficient (Wildman–Crippen LogP) is 2.49. The van der Waals surface area contributed by atoms with Gasteiger partial charge in [0.15, 0.2) is 0 Å². The van der Waals surface area contributed by atoms with Crippen molar-refractivity contribution in [2.75, 3.05) is 7.11 Å². The van der Waals surface area contributed by atoms with Crippen molar-refractivity contribution in [2.45, 2.75) is 37.8 Å². The second-order valence-electron chi connectivity index (χ2n) is 4.78. The molecule has 2 unspecified atom stereocenters. The average Bonchev–Trinajstić information content (AvgIpc) is 2.41. The van der Waals surface area contributed by atoms with Crippen LogP contribution in [0.25, 0.3) is 0 Å². The van der Waals surface area contributed by atoms with Crippen LogP contribution in [0, 0.1) is 0 Å². The molecule has 2 N–H and O–H groups in total. The number of rotatable bonds is 3. The maximum Gasteiger partial charge on any atom is 0.252 e. The van der Waals surface area contributed by atoms with E-state index >= 15 is 0 Å². The molecule has 0 heterocycles. The molecule has 2 atom stereocenters. The van der Waals surface area contributed by atoms with E-state index in [1.807, 2.05) is 0 Å². The largest absolute Gasteiger partial charge is 0.497 e. The summed E-state index contributed by atoms with van der Waals surface area (Å²) in [5.41, 5.74) is 0.554. The Morgan fingerprint density at radius 1 is 1.42 bits per heavy atom. The first kappa shape index (κ1) is 14.3. The minimum absolute atomic E-state index is 0.143. The van der Waals surface area contributed by atoms with E-state index in [0.29, 0.717) is 15.8 Å². The van der Waals surface area contributed by atoms with Crippen molar-refractivity contribution in [1.82, 2.24) is 5.32 Å². The Bertz CT molecular complexity index is 464. The van der Waals surface area contributed by atoms with Crippen LogP contribution in [0.3, 0.4) is 0 Å². The molecule has 0 radical (unpaired) electrons. The maximum atomic E-state index is 12.2. The van der Waals surface area contributed by atoms with Crippen LogP contribution in [0.1, 0.15) is 36.0 Å². The lowest BCUT2D eigenvalue weighted by atomic mass is 9.92. The number of hydrogen-bond donors (Lipinski definition) is 2. The van der Waals surface area contributed by atoms with Gasteiger partial charge in [0.25, 0.3) is 5.91 Å². The van der Waals surface area contributed by atoms with Gasteiger partial charge in [0.2, 0.25) is 0 Å². The number of aliphatic hydroxyl groups is 1. The van der Waals surface area contributed by atoms with Gasteiger partial charge in [0, 0.05) is 4.47 Å². The van der Waals surface area contributed by atoms with Gasteiger partial charge in [-0.25, -0.2) is 0 Å². The third kappa shape index (κ3) is 3.48. The molecule has 1 fully saturated rings. The highest BCUT2D eigenvalue weighted by molar-refractivity contribution is 9.10. The minimum atomic E-state index is -0.435. The highest BCUT2D eigenvalue weighted by Gasteiger charge is 2.25. The van der Waals surface area contributed by atoms with Gasteiger partial charge in [0.1, 0.15) is 5.75 Å². The van der Waals surface area contributed by atoms with Gasteiger partial charge >= 0.3 is 0 Å². The van der Waals surface area contributed by atoms with Gasteiger partial charge in [-0.1, -0.05) is 12.8 Å². The summed E-state index contributed by atoms with van der Waals surface area (Å²) in [6.45, 7) is 0. The highest BCUT2D eigenvalue weighted by Crippen LogP contribution is 2.24. The van der Waals surface area contributed by atoms with Crippen LogP contribution in [0.2, 0.25) is 0 Å². The fourth-order valence-electron chi connectivity index (χ4n) is 2.33. The number of carbonyl (C=O) groups excluding carboxylic acids is 1. The van der Waals surface area contributed by atoms with Gasteiger partial charge < -0.3 is 15.2 Å². The fourth-order valence-corrected chi connectivity index (χ4v) is 2.87. The number of ether oxygens (including phenoxy) is 1. The van der Waals surface area contributed by atoms with E-state index < -0.39 is 6.10 Å². The zero-order chi connectivity index (χ0) is 13.8. The molecule has 104 valence electrons. The van der Waals surface area contributed by atoms with Crippen molar-refractivity contribution < 1.29 is 14.6 Å². The number of carbonyl (C=O) groups is 1. The third-order valence-corrected chi connectivity index (χ3v) is 4.12. The molecule has 0 spiro atoms. The summed E-state index contributed by atoms with van der Waals surface area (Å²) in [4.78, 5) is 12.2. The normalized spacial score (nSPS) is 22.9. The van der Waals surface area contributed by atoms with Crippen molar-refractivity contribution in [2.24, 2.45) is 0 Å². The number of methoxy groups -OCH3 is 1. The number of benzene rings is 1. The molecular formula is C14H18BrNO3. The Balaban J connectivity index is 2.07. The Labute approximate surface area is 121 Å². The first-order chi connectivity index (χ1) is 9.11. The molecule has 1 amide bonds. The van der Waals surface area contributed by atoms with E-state index in [4.69, 9.17) is 4.74 Å². The molecule has 1 saturated carbocycles. The first-order valence-electron chi connectivity index (χ1n) is 6.44. The van der Waals surface area contributed by atoms with E-state index in [-0.39, 0.29) is 11.9 Å². The van der Waals surface area contributed by atoms with Crippen LogP contribution in [-0.2, 0) is 0 Å². The number of halogens is 1. The van der Waals surface area contributed by atoms with Crippen molar-refractivity contribution >= 4 is 21.8 Å². The van der Waals surface area contributed by atoms with Crippen LogP contribution in [-0.4, -0.2) is 30.3 Å². The fraction of sp³-hybridized carbons (Fsp3) is 0.500. The van der Waals surface area contributed by atoms with E-state index in [1.54, 1.807) is 25.3 Å². The van der Waals surface area contributed by atoms with Gasteiger partial charge in [-0.3, -0.25) is 4.79 Å². The number of aliphatic hydroxyl groups excluding tert-OH is 1. The molecule has 1 aromatic carbocycles. The molecule has 19 heavy (non-hydrogen) atoms. The summed E-state index contributed by atoms with van der Waals surface area (Å²) in [6.07, 6.45) is 3.23. The SMILES string of the molecule is COc1ccc(C(=O)NC2CCCCC2O)c(Br)c1. The van der Waals surface area contributed by atoms with Crippen molar-refractivity contribution in [3.63, 3.8) is 0 Å². The summed E-state index contributed by atoms with van der Waals surface area (Å²) in [5, 5.41) is 12.8. The lowest BCUT2D eigenvalue weighted by Gasteiger charge is -2.28. The Hall–Kier alpha value is -1.07. The lowest BCUT2D eigenvalue weighted by Crippen LogP contribution is -2.45. The second kappa shape index (κ2) is 6.39. The summed E-state index contributed by atoms with van der Waals surface area (Å²) in [7, 11) is 1.58. The van der Waals surface area contributed by atoms with Crippen LogP contribution >= 0.6 is 15.9 Å². The molecule has 0 aromatic heterocycles. The molecule has 1 aliphatic rings. The van der Waals surface area contributed by atoms with Crippen molar-refractivity contribution in [1.29, 1.82) is 0 Å². The molecule has 0 saturated heterocycles. The van der Waals surface area contributed by atoms with E-state index in [2.05, 4.69) is 21.2 Å². The Morgan fingerprint density at radius 3 is 2.79 bits per heavy atom. The molecule has 4 nitrogen and oxygen atoms in total. The van der Waals surface area contributed by atoms with Crippen molar-refractivity contribution in [3.8, 4) is 5.75 Å². The number of amides is 1. The minimum Gasteiger partial charge on any atom is -0.497 e. The first-order valence-corrected chi connectivity index (χ1v) is 7.23. The Kier molecular flexibility index (Phi) is 4.82. The standard InChI is InChI=1S/C14H18BrNO3/c1-19-9-6-7-10(11(15)8-9)14(18)16-12-4-2-3-5-13(12)17/h6-8,12-13,17H,2-5H2,1H3,(H,16,18). The second-order valence-corrected chi connectivity index (χ2v) is 5.63. The highest BCUT2D eigenvalue weighted by atomic mass is 79.9. The van der Waals surface area contributed by atoms with Crippen LogP contribution in [0.4, 0.5) is 0 Å². The molecule has 5 heteroatoms. The van der Waals surface area contributed by atoms with Crippen LogP contribution in [0.15, 0.2) is 22.7 Å². The topological polar surface area (TPSA) is 58.6 Å². The summed E-state index contributed by atoms with van der Waals surface area (Å²) in [5.74, 6) is 0.529. The molecular weight excluding hydrogens is 310 g/mol. The van der Waals surface area contributed by atoms with Crippen molar-refractivity contribution in [3.05, 3.63) is 28.2 Å². The average molecular weight is 328 g/mol. The Morgan fingerprint density at radius 2 is 2.16 bits per heavy atom. The van der Waals surface area contributed by atoms with Gasteiger partial charge in [-0.2, -0.15) is 0 Å². The molecule has 2 rings (SSSR count). The van der Waals surface area contributed by atoms with Gasteiger partial charge in [0.05, 0.1) is 24.8 Å². The van der Waals surface area contributed by atoms with Crippen LogP contribution < -0.4 is 10.1 Å². The quantitative estimate of drug-likeness (QED) is 0.896. The van der Waals surface area contributed by atoms with E-state index in [0.717, 1.165) is 25.7 Å². The third-order valence-electron chi connectivity index (χ3n) is 3.47. The van der Waals surface area contributed by atoms with Gasteiger partial charge in [-0.05, 0) is 47.0 Å². The lowest BCUT2D eigenvalue weighted by molar-refractivity contribution is 0.0716. The summed E-state index contributed by atoms with van der Waals surface area (Å²) in [6, 6.07) is 5.08. The van der Waals surface area contributed by atoms with E-state index in [1.165, 1.54) is 0 Å². The molecule has 1 aromatic rings. The maximum absolute atomic E-state index is 12.2. The smallest absolute Gasteiger partial charge is 0.252 e. The van der Waals surface area contributed by atoms with Gasteiger partial charge in [-0.15, -0.1) is 0 Å². The summed E-state index contributed by atoms with van der Waals surface area (Å²) >= 11 is 3.37. The molecule has 1 aliphatic carbocycles. The number of hydrogen-bond acceptors (Lipinski definition) is 3. The zero-order valence-corrected chi connectivity index (χ0v) is 12.4. The zero-order valence-electron chi connectivity index (χ0n) is 10.9. The number of nitrogens with one attached hydrogen (secondary N) is 1. The molecule has 0 aliphatic heterocycles. The van der Waals surface area contributed by atoms with E-state index in [9.17, 15) is 9.90 Å². The summed E-state index contributed by atoms with van der Waals surface area (Å²) < 4.78 is 5.78. The van der Waals surface area contributed by atoms with Crippen LogP contribution in [0.5, 0.6) is 5.75 Å². The predicted molar refractivity (Wildman–Crippen MR) is 76.4 cm³/mol.